The first-order chi connectivity index (χ1) is 17.4. The summed E-state index contributed by atoms with van der Waals surface area (Å²) < 4.78 is 23.2. The van der Waals surface area contributed by atoms with E-state index in [-0.39, 0.29) is 26.2 Å². The Morgan fingerprint density at radius 2 is 1.05 bits per heavy atom. The molecular weight excluding hydrogens is 607 g/mol. The van der Waals surface area contributed by atoms with Gasteiger partial charge in [0.15, 0.2) is 0 Å². The van der Waals surface area contributed by atoms with Gasteiger partial charge in [0, 0.05) is 0 Å². The molecule has 3 rings (SSSR count). The van der Waals surface area contributed by atoms with Crippen LogP contribution in [0.25, 0.3) is 0 Å². The zero-order valence-corrected chi connectivity index (χ0v) is 25.8. The molecule has 0 atom stereocenters. The van der Waals surface area contributed by atoms with Gasteiger partial charge in [0.25, 0.3) is 0 Å². The van der Waals surface area contributed by atoms with Gasteiger partial charge in [0.2, 0.25) is 0 Å². The topological polar surface area (TPSA) is 112 Å². The third kappa shape index (κ3) is 7.73. The number of carbonyl (C=O) groups is 4. The number of amides is 2. The van der Waals surface area contributed by atoms with E-state index in [0.717, 1.165) is 20.3 Å². The maximum absolute atomic E-state index is 13.0. The van der Waals surface area contributed by atoms with Crippen molar-refractivity contribution in [2.24, 2.45) is 11.8 Å². The van der Waals surface area contributed by atoms with Crippen LogP contribution in [0.1, 0.15) is 58.2 Å². The van der Waals surface area contributed by atoms with E-state index in [4.69, 9.17) is 15.6 Å². The van der Waals surface area contributed by atoms with E-state index < -0.39 is 67.8 Å². The molecule has 2 amide bonds. The molecule has 0 bridgehead atoms. The molecule has 10 nitrogen and oxygen atoms in total. The van der Waals surface area contributed by atoms with Crippen LogP contribution in [0.3, 0.4) is 0 Å². The van der Waals surface area contributed by atoms with Gasteiger partial charge in [0.05, 0.1) is 0 Å². The molecule has 2 heterocycles. The average molecular weight is 647 g/mol. The summed E-state index contributed by atoms with van der Waals surface area (Å²) in [6, 6.07) is 3.94. The van der Waals surface area contributed by atoms with Crippen LogP contribution in [0, 0.1) is 36.2 Å². The number of hydrogen-bond acceptors (Lipinski definition) is 8. The summed E-state index contributed by atoms with van der Waals surface area (Å²) in [5.74, 6) is -2.02. The summed E-state index contributed by atoms with van der Waals surface area (Å²) in [5.41, 5.74) is 1.58. The fourth-order valence-electron chi connectivity index (χ4n) is 3.97. The molecule has 0 aliphatic carbocycles. The molecule has 0 spiro atoms. The van der Waals surface area contributed by atoms with Crippen molar-refractivity contribution >= 4 is 44.8 Å². The Kier molecular flexibility index (Phi) is 8.89. The van der Waals surface area contributed by atoms with Crippen LogP contribution < -0.4 is 0 Å². The first-order valence-electron chi connectivity index (χ1n) is 12.6. The van der Waals surface area contributed by atoms with E-state index in [1.54, 1.807) is 41.5 Å². The number of halogens is 1. The molecule has 1 aromatic rings. The Labute approximate surface area is 232 Å². The fraction of sp³-hybridized carbons (Fsp3) is 0.630. The predicted octanol–water partition coefficient (Wildman–Crippen LogP) is 4.94. The normalized spacial score (nSPS) is 16.7. The maximum atomic E-state index is 13.0. The third-order valence-electron chi connectivity index (χ3n) is 5.76. The second-order valence-corrected chi connectivity index (χ2v) is 15.1. The van der Waals surface area contributed by atoms with Crippen LogP contribution in [0.4, 0.5) is 9.59 Å². The molecule has 11 heteroatoms. The molecular formula is C27H39IN2O8. The van der Waals surface area contributed by atoms with E-state index in [1.807, 2.05) is 32.9 Å². The summed E-state index contributed by atoms with van der Waals surface area (Å²) in [7, 11) is 0. The molecule has 2 aliphatic rings. The van der Waals surface area contributed by atoms with Gasteiger partial charge in [-0.05, 0) is 0 Å². The minimum absolute atomic E-state index is 0.186. The molecule has 0 aromatic heterocycles. The van der Waals surface area contributed by atoms with Gasteiger partial charge in [-0.3, -0.25) is 0 Å². The van der Waals surface area contributed by atoms with E-state index in [0.29, 0.717) is 0 Å². The number of benzene rings is 1. The zero-order chi connectivity index (χ0) is 28.6. The van der Waals surface area contributed by atoms with Crippen molar-refractivity contribution < 1.29 is 34.8 Å². The summed E-state index contributed by atoms with van der Waals surface area (Å²) in [5, 5.41) is 0. The number of rotatable bonds is 5. The van der Waals surface area contributed by atoms with Crippen molar-refractivity contribution in [2.75, 3.05) is 26.2 Å². The summed E-state index contributed by atoms with van der Waals surface area (Å²) in [6.45, 7) is 17.2. The second kappa shape index (κ2) is 11.3. The number of carbonyl (C=O) groups excluding carboxylic acids is 4. The Morgan fingerprint density at radius 3 is 1.37 bits per heavy atom. The standard InChI is InChI=1S/C27H39IN2O8/c1-16-10-17(2)21(18(3)11-16)28(37-22(31)19-12-29(13-19)24(33)35-26(4,5)6)38-23(32)20-14-30(15-20)25(34)36-27(7,8)9/h10-11,19-20H,12-15H2,1-9H3. The van der Waals surface area contributed by atoms with Gasteiger partial charge in [-0.1, -0.05) is 0 Å². The van der Waals surface area contributed by atoms with E-state index >= 15 is 0 Å². The summed E-state index contributed by atoms with van der Waals surface area (Å²) in [4.78, 5) is 53.5. The fourth-order valence-corrected chi connectivity index (χ4v) is 7.71. The zero-order valence-electron chi connectivity index (χ0n) is 23.7. The molecule has 0 saturated carbocycles. The van der Waals surface area contributed by atoms with Crippen molar-refractivity contribution in [3.63, 3.8) is 0 Å². The third-order valence-corrected chi connectivity index (χ3v) is 10.0. The molecule has 0 unspecified atom stereocenters. The van der Waals surface area contributed by atoms with Gasteiger partial charge in [-0.15, -0.1) is 0 Å². The van der Waals surface area contributed by atoms with E-state index in [9.17, 15) is 19.2 Å². The number of ether oxygens (including phenoxy) is 2. The SMILES string of the molecule is Cc1cc(C)c(I(OC(=O)C2CN(C(=O)OC(C)(C)C)C2)OC(=O)C2CN(C(=O)OC(C)(C)C)C2)c(C)c1. The number of nitrogens with zero attached hydrogens (tertiary/aromatic N) is 2. The van der Waals surface area contributed by atoms with Crippen LogP contribution in [-0.2, 0) is 25.2 Å². The van der Waals surface area contributed by atoms with Crippen LogP contribution in [0.15, 0.2) is 12.1 Å². The van der Waals surface area contributed by atoms with Crippen LogP contribution in [-0.4, -0.2) is 71.3 Å². The van der Waals surface area contributed by atoms with E-state index in [2.05, 4.69) is 0 Å². The summed E-state index contributed by atoms with van der Waals surface area (Å²) in [6.07, 6.45) is -0.957. The Balaban J connectivity index is 1.66. The van der Waals surface area contributed by atoms with Gasteiger partial charge in [-0.2, -0.15) is 0 Å². The van der Waals surface area contributed by atoms with Crippen LogP contribution in [0.5, 0.6) is 0 Å². The molecule has 212 valence electrons. The van der Waals surface area contributed by atoms with Crippen LogP contribution >= 0.6 is 20.6 Å². The van der Waals surface area contributed by atoms with Gasteiger partial charge < -0.3 is 0 Å². The number of aryl methyl sites for hydroxylation is 3. The Hall–Kier alpha value is -2.57. The van der Waals surface area contributed by atoms with Crippen molar-refractivity contribution in [1.29, 1.82) is 0 Å². The second-order valence-electron chi connectivity index (χ2n) is 11.9. The number of likely N-dealkylation sites (tertiary alicyclic amines) is 2. The van der Waals surface area contributed by atoms with E-state index in [1.165, 1.54) is 9.80 Å². The predicted molar refractivity (Wildman–Crippen MR) is 148 cm³/mol. The van der Waals surface area contributed by atoms with Gasteiger partial charge >= 0.3 is 233 Å². The molecule has 0 radical (unpaired) electrons. The van der Waals surface area contributed by atoms with Crippen molar-refractivity contribution in [2.45, 2.75) is 73.5 Å². The minimum atomic E-state index is -3.23. The first-order valence-corrected chi connectivity index (χ1v) is 15.5. The van der Waals surface area contributed by atoms with Crippen molar-refractivity contribution in [1.82, 2.24) is 9.80 Å². The molecule has 2 aliphatic heterocycles. The first kappa shape index (κ1) is 30.0. The molecule has 1 aromatic carbocycles. The van der Waals surface area contributed by atoms with Crippen molar-refractivity contribution in [3.8, 4) is 0 Å². The molecule has 0 N–H and O–H groups in total. The summed E-state index contributed by atoms with van der Waals surface area (Å²) >= 11 is -3.23. The van der Waals surface area contributed by atoms with Gasteiger partial charge in [-0.25, -0.2) is 0 Å². The molecule has 38 heavy (non-hydrogen) atoms. The van der Waals surface area contributed by atoms with Crippen molar-refractivity contribution in [3.05, 3.63) is 32.4 Å². The molecule has 2 saturated heterocycles. The average Bonchev–Trinajstić information content (AvgIpc) is 2.61. The van der Waals surface area contributed by atoms with Gasteiger partial charge in [0.1, 0.15) is 0 Å². The van der Waals surface area contributed by atoms with Crippen LogP contribution in [0.2, 0.25) is 0 Å². The number of hydrogen-bond donors (Lipinski definition) is 0. The quantitative estimate of drug-likeness (QED) is 0.414. The molecule has 2 fully saturated rings. The monoisotopic (exact) mass is 646 g/mol. The Morgan fingerprint density at radius 1 is 0.711 bits per heavy atom. The Bertz CT molecular complexity index is 1010.